The van der Waals surface area contributed by atoms with Gasteiger partial charge in [-0.15, -0.1) is 0 Å². The smallest absolute Gasteiger partial charge is 0.328 e. The molecule has 2 rings (SSSR count). The highest BCUT2D eigenvalue weighted by Crippen LogP contribution is 2.33. The van der Waals surface area contributed by atoms with Crippen molar-refractivity contribution in [3.05, 3.63) is 17.9 Å². The Hall–Kier alpha value is -2.31. The van der Waals surface area contributed by atoms with Crippen molar-refractivity contribution in [2.45, 2.75) is 6.42 Å². The van der Waals surface area contributed by atoms with Gasteiger partial charge in [0.25, 0.3) is 0 Å². The topological polar surface area (TPSA) is 84.7 Å². The molecule has 3 N–H and O–H groups in total. The molecule has 1 aliphatic rings. The number of hydrogen-bond donors (Lipinski definition) is 2. The van der Waals surface area contributed by atoms with E-state index in [0.717, 1.165) is 6.07 Å². The van der Waals surface area contributed by atoms with E-state index in [-0.39, 0.29) is 30.3 Å². The summed E-state index contributed by atoms with van der Waals surface area (Å²) < 4.78 is 18.3. The summed E-state index contributed by atoms with van der Waals surface area (Å²) in [6, 6.07) is 1.84. The molecule has 0 aliphatic carbocycles. The normalized spacial score (nSPS) is 15.6. The maximum Gasteiger partial charge on any atom is 0.328 e. The zero-order chi connectivity index (χ0) is 13.3. The lowest BCUT2D eigenvalue weighted by Gasteiger charge is -2.28. The first-order valence-electron chi connectivity index (χ1n) is 5.27. The molecule has 0 radical (unpaired) electrons. The lowest BCUT2D eigenvalue weighted by atomic mass is 10.2. The van der Waals surface area contributed by atoms with Gasteiger partial charge >= 0.3 is 6.03 Å². The van der Waals surface area contributed by atoms with Crippen LogP contribution in [-0.4, -0.2) is 25.6 Å². The number of anilines is 2. The number of halogens is 1. The van der Waals surface area contributed by atoms with E-state index >= 15 is 0 Å². The summed E-state index contributed by atoms with van der Waals surface area (Å²) in [5.41, 5.74) is 5.71. The van der Waals surface area contributed by atoms with Crippen molar-refractivity contribution in [1.82, 2.24) is 5.32 Å². The summed E-state index contributed by atoms with van der Waals surface area (Å²) in [6.45, 7) is 0.200. The van der Waals surface area contributed by atoms with Crippen LogP contribution in [0.3, 0.4) is 0 Å². The van der Waals surface area contributed by atoms with E-state index in [1.807, 2.05) is 0 Å². The first-order chi connectivity index (χ1) is 8.52. The number of nitrogens with one attached hydrogen (secondary N) is 1. The number of nitrogens with zero attached hydrogens (tertiary/aromatic N) is 1. The summed E-state index contributed by atoms with van der Waals surface area (Å²) in [5, 5.41) is 2.17. The third kappa shape index (κ3) is 2.06. The molecule has 18 heavy (non-hydrogen) atoms. The number of ether oxygens (including phenoxy) is 1. The summed E-state index contributed by atoms with van der Waals surface area (Å²) in [7, 11) is 1.36. The van der Waals surface area contributed by atoms with Crippen LogP contribution in [0.1, 0.15) is 6.42 Å². The highest BCUT2D eigenvalue weighted by molar-refractivity contribution is 6.06. The molecule has 3 amide bonds. The molecule has 1 aromatic carbocycles. The first-order valence-corrected chi connectivity index (χ1v) is 5.27. The van der Waals surface area contributed by atoms with Gasteiger partial charge in [-0.1, -0.05) is 0 Å². The lowest BCUT2D eigenvalue weighted by Crippen LogP contribution is -2.49. The van der Waals surface area contributed by atoms with Crippen molar-refractivity contribution in [3.63, 3.8) is 0 Å². The molecule has 1 aromatic rings. The van der Waals surface area contributed by atoms with Crippen LogP contribution in [0.4, 0.5) is 20.6 Å². The molecule has 1 fully saturated rings. The Kier molecular flexibility index (Phi) is 3.05. The molecule has 7 heteroatoms. The minimum Gasteiger partial charge on any atom is -0.494 e. The molecule has 0 atom stereocenters. The lowest BCUT2D eigenvalue weighted by molar-refractivity contribution is -0.120. The monoisotopic (exact) mass is 253 g/mol. The van der Waals surface area contributed by atoms with Gasteiger partial charge < -0.3 is 10.5 Å². The Balaban J connectivity index is 2.41. The van der Waals surface area contributed by atoms with Crippen LogP contribution >= 0.6 is 0 Å². The van der Waals surface area contributed by atoms with Gasteiger partial charge in [0.05, 0.1) is 18.5 Å². The molecule has 96 valence electrons. The summed E-state index contributed by atoms with van der Waals surface area (Å²) >= 11 is 0. The minimum absolute atomic E-state index is 0.0875. The van der Waals surface area contributed by atoms with Crippen LogP contribution in [0.2, 0.25) is 0 Å². The first kappa shape index (κ1) is 12.2. The molecule has 1 heterocycles. The summed E-state index contributed by atoms with van der Waals surface area (Å²) in [6.07, 6.45) is 0.173. The number of methoxy groups -OCH3 is 1. The second-order valence-electron chi connectivity index (χ2n) is 3.80. The van der Waals surface area contributed by atoms with Crippen LogP contribution in [0.5, 0.6) is 5.75 Å². The van der Waals surface area contributed by atoms with Crippen molar-refractivity contribution < 1.29 is 18.7 Å². The average molecular weight is 253 g/mol. The Morgan fingerprint density at radius 1 is 1.44 bits per heavy atom. The van der Waals surface area contributed by atoms with Gasteiger partial charge in [0.1, 0.15) is 11.6 Å². The Morgan fingerprint density at radius 2 is 2.17 bits per heavy atom. The van der Waals surface area contributed by atoms with E-state index in [1.165, 1.54) is 18.1 Å². The predicted octanol–water partition coefficient (Wildman–Crippen LogP) is 0.863. The maximum absolute atomic E-state index is 13.3. The fraction of sp³-hybridized carbons (Fsp3) is 0.273. The van der Waals surface area contributed by atoms with Gasteiger partial charge in [-0.25, -0.2) is 9.18 Å². The minimum atomic E-state index is -0.621. The number of amides is 3. The SMILES string of the molecule is COc1cc(F)c(N)cc1N1CCC(=O)NC1=O. The molecule has 6 nitrogen and oxygen atoms in total. The number of carbonyl (C=O) groups excluding carboxylic acids is 2. The second kappa shape index (κ2) is 4.52. The van der Waals surface area contributed by atoms with Gasteiger partial charge in [0, 0.05) is 19.0 Å². The van der Waals surface area contributed by atoms with E-state index in [4.69, 9.17) is 10.5 Å². The Bertz CT molecular complexity index is 519. The molecule has 0 saturated carbocycles. The molecule has 0 unspecified atom stereocenters. The van der Waals surface area contributed by atoms with Crippen molar-refractivity contribution in [1.29, 1.82) is 0 Å². The summed E-state index contributed by atoms with van der Waals surface area (Å²) in [4.78, 5) is 24.0. The molecule has 1 saturated heterocycles. The molecular weight excluding hydrogens is 241 g/mol. The number of urea groups is 1. The van der Waals surface area contributed by atoms with Gasteiger partial charge in [0.15, 0.2) is 0 Å². The average Bonchev–Trinajstić information content (AvgIpc) is 2.32. The van der Waals surface area contributed by atoms with Crippen molar-refractivity contribution in [2.75, 3.05) is 24.3 Å². The number of rotatable bonds is 2. The van der Waals surface area contributed by atoms with Crippen molar-refractivity contribution >= 4 is 23.3 Å². The largest absolute Gasteiger partial charge is 0.494 e. The van der Waals surface area contributed by atoms with E-state index in [1.54, 1.807) is 0 Å². The zero-order valence-electron chi connectivity index (χ0n) is 9.70. The standard InChI is InChI=1S/C11H12FN3O3/c1-18-9-4-6(12)7(13)5-8(9)15-3-2-10(16)14-11(15)17/h4-5H,2-3,13H2,1H3,(H,14,16,17). The third-order valence-electron chi connectivity index (χ3n) is 2.64. The van der Waals surface area contributed by atoms with Gasteiger partial charge in [-0.3, -0.25) is 15.0 Å². The number of nitrogens with two attached hydrogens (primary N) is 1. The van der Waals surface area contributed by atoms with Crippen LogP contribution in [-0.2, 0) is 4.79 Å². The highest BCUT2D eigenvalue weighted by atomic mass is 19.1. The number of benzene rings is 1. The van der Waals surface area contributed by atoms with E-state index in [0.29, 0.717) is 5.69 Å². The van der Waals surface area contributed by atoms with Crippen molar-refractivity contribution in [3.8, 4) is 5.75 Å². The Morgan fingerprint density at radius 3 is 2.78 bits per heavy atom. The fourth-order valence-electron chi connectivity index (χ4n) is 1.73. The maximum atomic E-state index is 13.3. The van der Waals surface area contributed by atoms with Gasteiger partial charge in [-0.05, 0) is 6.07 Å². The highest BCUT2D eigenvalue weighted by Gasteiger charge is 2.27. The number of imide groups is 1. The van der Waals surface area contributed by atoms with Crippen molar-refractivity contribution in [2.24, 2.45) is 0 Å². The molecule has 0 aromatic heterocycles. The molecule has 0 spiro atoms. The van der Waals surface area contributed by atoms with E-state index in [2.05, 4.69) is 5.32 Å². The fourth-order valence-corrected chi connectivity index (χ4v) is 1.73. The van der Waals surface area contributed by atoms with Gasteiger partial charge in [-0.2, -0.15) is 0 Å². The van der Waals surface area contributed by atoms with Crippen LogP contribution in [0, 0.1) is 5.82 Å². The molecular formula is C11H12FN3O3. The molecule has 1 aliphatic heterocycles. The third-order valence-corrected chi connectivity index (χ3v) is 2.64. The Labute approximate surface area is 103 Å². The number of hydrogen-bond acceptors (Lipinski definition) is 4. The van der Waals surface area contributed by atoms with E-state index < -0.39 is 11.8 Å². The van der Waals surface area contributed by atoms with Crippen LogP contribution in [0.25, 0.3) is 0 Å². The quantitative estimate of drug-likeness (QED) is 0.766. The molecule has 0 bridgehead atoms. The summed E-state index contributed by atoms with van der Waals surface area (Å²) in [5.74, 6) is -0.777. The van der Waals surface area contributed by atoms with E-state index in [9.17, 15) is 14.0 Å². The predicted molar refractivity (Wildman–Crippen MR) is 62.9 cm³/mol. The second-order valence-corrected chi connectivity index (χ2v) is 3.80. The zero-order valence-corrected chi connectivity index (χ0v) is 9.70. The number of carbonyl (C=O) groups is 2. The van der Waals surface area contributed by atoms with Gasteiger partial charge in [0.2, 0.25) is 5.91 Å². The van der Waals surface area contributed by atoms with Crippen LogP contribution in [0.15, 0.2) is 12.1 Å². The van der Waals surface area contributed by atoms with Crippen LogP contribution < -0.4 is 20.7 Å². The number of nitrogen functional groups attached to an aromatic ring is 1.